The Balaban J connectivity index is 1.73. The molecular weight excluding hydrogens is 504 g/mol. The Morgan fingerprint density at radius 2 is 1.77 bits per heavy atom. The first kappa shape index (κ1) is 26.9. The Morgan fingerprint density at radius 3 is 2.33 bits per heavy atom. The summed E-state index contributed by atoms with van der Waals surface area (Å²) in [7, 11) is 6.94. The van der Waals surface area contributed by atoms with Crippen LogP contribution in [-0.2, 0) is 29.1 Å². The molecule has 0 saturated heterocycles. The van der Waals surface area contributed by atoms with Crippen molar-refractivity contribution in [3.63, 3.8) is 0 Å². The van der Waals surface area contributed by atoms with E-state index in [1.165, 1.54) is 4.90 Å². The smallest absolute Gasteiger partial charge is 0.255 e. The maximum atomic E-state index is 14.1. The molecule has 0 bridgehead atoms. The lowest BCUT2D eigenvalue weighted by Gasteiger charge is -2.50. The van der Waals surface area contributed by atoms with Crippen molar-refractivity contribution >= 4 is 23.2 Å². The summed E-state index contributed by atoms with van der Waals surface area (Å²) in [5, 5.41) is 45.5. The molecule has 4 aliphatic rings. The molecule has 1 aromatic carbocycles. The molecule has 0 unspecified atom stereocenters. The second kappa shape index (κ2) is 8.94. The number of anilines is 1. The van der Waals surface area contributed by atoms with Gasteiger partial charge in [-0.1, -0.05) is 6.08 Å². The highest BCUT2D eigenvalue weighted by atomic mass is 16.3. The third-order valence-corrected chi connectivity index (χ3v) is 8.67. The molecule has 3 aliphatic carbocycles. The van der Waals surface area contributed by atoms with Crippen molar-refractivity contribution in [3.05, 3.63) is 57.6 Å². The standard InChI is InChI=1S/C28H34N4O7/c1-6-7-32-10-14-15(11-32)22(33)18-13(20(14)30(2)3)8-12-9-16-21(31(4)5)24(35)19(27(29)38)26(37)28(16,39)25(36)17(12)23(18)34/h6,12,16,21,33,35-36,39H,1,7-11H2,2-5H3,(H2,29,38)/t12-,16-,21-,28-/m0/s1. The third kappa shape index (κ3) is 3.49. The van der Waals surface area contributed by atoms with Crippen LogP contribution in [0.25, 0.3) is 0 Å². The van der Waals surface area contributed by atoms with Gasteiger partial charge in [0.2, 0.25) is 5.78 Å². The number of hydrogen-bond acceptors (Lipinski definition) is 10. The van der Waals surface area contributed by atoms with Crippen LogP contribution in [0, 0.1) is 11.8 Å². The topological polar surface area (TPSA) is 168 Å². The molecule has 0 radical (unpaired) electrons. The highest BCUT2D eigenvalue weighted by Crippen LogP contribution is 2.54. The summed E-state index contributed by atoms with van der Waals surface area (Å²) in [5.74, 6) is -6.46. The van der Waals surface area contributed by atoms with Crippen molar-refractivity contribution in [1.29, 1.82) is 0 Å². The summed E-state index contributed by atoms with van der Waals surface area (Å²) in [4.78, 5) is 45.2. The van der Waals surface area contributed by atoms with E-state index in [9.17, 15) is 34.8 Å². The number of hydrogen-bond donors (Lipinski definition) is 5. The first-order valence-corrected chi connectivity index (χ1v) is 12.8. The molecule has 5 rings (SSSR count). The van der Waals surface area contributed by atoms with E-state index in [1.807, 2.05) is 19.0 Å². The molecule has 0 aromatic heterocycles. The van der Waals surface area contributed by atoms with Crippen LogP contribution in [0.4, 0.5) is 5.69 Å². The average Bonchev–Trinajstić information content (AvgIpc) is 3.24. The van der Waals surface area contributed by atoms with Crippen molar-refractivity contribution in [2.24, 2.45) is 17.6 Å². The van der Waals surface area contributed by atoms with Crippen LogP contribution in [0.1, 0.15) is 33.5 Å². The van der Waals surface area contributed by atoms with Gasteiger partial charge in [0.05, 0.1) is 11.6 Å². The molecule has 1 heterocycles. The number of Topliss-reactive ketones (excluding diaryl/α,β-unsaturated/α-hetero) is 2. The molecule has 1 amide bonds. The molecule has 208 valence electrons. The van der Waals surface area contributed by atoms with Crippen LogP contribution in [-0.4, -0.2) is 94.1 Å². The number of aromatic hydroxyl groups is 1. The first-order valence-electron chi connectivity index (χ1n) is 12.8. The van der Waals surface area contributed by atoms with Crippen molar-refractivity contribution < 1.29 is 34.8 Å². The number of nitrogens with two attached hydrogens (primary N) is 1. The highest BCUT2D eigenvalue weighted by molar-refractivity contribution is 6.25. The number of amides is 1. The van der Waals surface area contributed by atoms with Crippen LogP contribution < -0.4 is 10.6 Å². The number of nitrogens with zero attached hydrogens (tertiary/aromatic N) is 3. The molecule has 11 nitrogen and oxygen atoms in total. The lowest BCUT2D eigenvalue weighted by Crippen LogP contribution is -2.63. The Morgan fingerprint density at radius 1 is 1.13 bits per heavy atom. The van der Waals surface area contributed by atoms with E-state index < -0.39 is 58.0 Å². The van der Waals surface area contributed by atoms with Gasteiger partial charge in [0.1, 0.15) is 22.8 Å². The third-order valence-electron chi connectivity index (χ3n) is 8.67. The van der Waals surface area contributed by atoms with E-state index in [0.29, 0.717) is 30.8 Å². The number of primary amides is 1. The van der Waals surface area contributed by atoms with E-state index >= 15 is 0 Å². The van der Waals surface area contributed by atoms with E-state index in [2.05, 4.69) is 11.5 Å². The van der Waals surface area contributed by atoms with Gasteiger partial charge in [-0.05, 0) is 44.0 Å². The normalized spacial score (nSPS) is 28.3. The molecule has 0 saturated carbocycles. The van der Waals surface area contributed by atoms with Crippen molar-refractivity contribution in [3.8, 4) is 5.75 Å². The van der Waals surface area contributed by atoms with Gasteiger partial charge < -0.3 is 31.1 Å². The Hall–Kier alpha value is -3.67. The number of likely N-dealkylation sites (N-methyl/N-ethyl adjacent to an activating group) is 1. The second-order valence-corrected chi connectivity index (χ2v) is 11.3. The second-order valence-electron chi connectivity index (χ2n) is 11.3. The maximum Gasteiger partial charge on any atom is 0.255 e. The van der Waals surface area contributed by atoms with E-state index in [4.69, 9.17) is 5.73 Å². The SMILES string of the molecule is C=CCN1Cc2c(O)c3c(c(N(C)C)c2C1)C[C@H]1C[C@H]2[C@H](N(C)C)C(O)=C(C(N)=O)C(=O)[C@@]2(O)C(O)=C1C3=O. The van der Waals surface area contributed by atoms with Gasteiger partial charge in [-0.3, -0.25) is 24.2 Å². The van der Waals surface area contributed by atoms with E-state index in [0.717, 1.165) is 11.3 Å². The molecule has 0 spiro atoms. The number of allylic oxidation sites excluding steroid dienone is 1. The van der Waals surface area contributed by atoms with E-state index in [-0.39, 0.29) is 29.7 Å². The minimum atomic E-state index is -2.65. The number of phenolic OH excluding ortho intramolecular Hbond substituents is 1. The minimum Gasteiger partial charge on any atom is -0.510 e. The molecule has 1 aromatic rings. The molecule has 0 fully saturated rings. The Kier molecular flexibility index (Phi) is 6.17. The van der Waals surface area contributed by atoms with Crippen LogP contribution in [0.5, 0.6) is 5.75 Å². The number of carbonyl (C=O) groups excluding carboxylic acids is 3. The zero-order valence-electron chi connectivity index (χ0n) is 22.5. The predicted octanol–water partition coefficient (Wildman–Crippen LogP) is 0.688. The van der Waals surface area contributed by atoms with Crippen LogP contribution >= 0.6 is 0 Å². The minimum absolute atomic E-state index is 0.0404. The van der Waals surface area contributed by atoms with Crippen molar-refractivity contribution in [2.45, 2.75) is 37.6 Å². The fourth-order valence-corrected chi connectivity index (χ4v) is 7.17. The monoisotopic (exact) mass is 538 g/mol. The largest absolute Gasteiger partial charge is 0.510 e. The molecule has 1 aliphatic heterocycles. The zero-order chi connectivity index (χ0) is 28.7. The number of carbonyl (C=O) groups is 3. The van der Waals surface area contributed by atoms with Gasteiger partial charge in [0.25, 0.3) is 5.91 Å². The number of fused-ring (bicyclic) bond motifs is 4. The summed E-state index contributed by atoms with van der Waals surface area (Å²) in [6, 6.07) is -1.02. The van der Waals surface area contributed by atoms with Gasteiger partial charge in [0, 0.05) is 56.5 Å². The molecule has 4 atom stereocenters. The lowest BCUT2D eigenvalue weighted by molar-refractivity contribution is -0.148. The lowest BCUT2D eigenvalue weighted by atomic mass is 9.58. The fraction of sp³-hybridized carbons (Fsp3) is 0.464. The Bertz CT molecular complexity index is 1410. The van der Waals surface area contributed by atoms with Crippen LogP contribution in [0.2, 0.25) is 0 Å². The average molecular weight is 539 g/mol. The van der Waals surface area contributed by atoms with Gasteiger partial charge in [-0.15, -0.1) is 6.58 Å². The fourth-order valence-electron chi connectivity index (χ4n) is 7.17. The van der Waals surface area contributed by atoms with Gasteiger partial charge >= 0.3 is 0 Å². The van der Waals surface area contributed by atoms with Crippen LogP contribution in [0.15, 0.2) is 35.3 Å². The molecular formula is C28H34N4O7. The number of rotatable bonds is 5. The molecule has 6 N–H and O–H groups in total. The molecule has 39 heavy (non-hydrogen) atoms. The summed E-state index contributed by atoms with van der Waals surface area (Å²) in [6.45, 7) is 5.36. The van der Waals surface area contributed by atoms with Crippen molar-refractivity contribution in [2.75, 3.05) is 39.6 Å². The maximum absolute atomic E-state index is 14.1. The summed E-state index contributed by atoms with van der Waals surface area (Å²) in [6.07, 6.45) is 2.08. The summed E-state index contributed by atoms with van der Waals surface area (Å²) < 4.78 is 0. The zero-order valence-corrected chi connectivity index (χ0v) is 22.5. The molecule has 11 heteroatoms. The quantitative estimate of drug-likeness (QED) is 0.266. The number of aliphatic hydroxyl groups excluding tert-OH is 2. The highest BCUT2D eigenvalue weighted by Gasteiger charge is 2.63. The number of benzene rings is 1. The van der Waals surface area contributed by atoms with Crippen molar-refractivity contribution in [1.82, 2.24) is 9.80 Å². The van der Waals surface area contributed by atoms with Gasteiger partial charge in [0.15, 0.2) is 11.4 Å². The number of aliphatic hydroxyl groups is 3. The van der Waals surface area contributed by atoms with E-state index in [1.54, 1.807) is 20.2 Å². The summed E-state index contributed by atoms with van der Waals surface area (Å²) >= 11 is 0. The number of phenols is 1. The van der Waals surface area contributed by atoms with Gasteiger partial charge in [-0.25, -0.2) is 0 Å². The van der Waals surface area contributed by atoms with Crippen LogP contribution in [0.3, 0.4) is 0 Å². The Labute approximate surface area is 226 Å². The number of ketones is 2. The predicted molar refractivity (Wildman–Crippen MR) is 142 cm³/mol. The first-order chi connectivity index (χ1) is 18.3. The summed E-state index contributed by atoms with van der Waals surface area (Å²) in [5.41, 5.74) is 4.79. The van der Waals surface area contributed by atoms with Gasteiger partial charge in [-0.2, -0.15) is 0 Å².